The first-order valence-electron chi connectivity index (χ1n) is 6.00. The molecule has 1 amide bonds. The molecule has 0 saturated heterocycles. The van der Waals surface area contributed by atoms with E-state index in [-0.39, 0.29) is 16.9 Å². The van der Waals surface area contributed by atoms with Crippen LogP contribution >= 0.6 is 0 Å². The van der Waals surface area contributed by atoms with E-state index in [1.54, 1.807) is 0 Å². The maximum absolute atomic E-state index is 13.7. The van der Waals surface area contributed by atoms with Crippen molar-refractivity contribution >= 4 is 17.6 Å². The average molecular weight is 289 g/mol. The van der Waals surface area contributed by atoms with E-state index in [4.69, 9.17) is 9.84 Å². The molecule has 0 aliphatic carbocycles. The molecule has 0 atom stereocenters. The fraction of sp³-hybridized carbons (Fsp3) is 0.0667. The zero-order valence-corrected chi connectivity index (χ0v) is 11.1. The molecule has 2 aromatic rings. The number of carboxylic acids is 1. The minimum absolute atomic E-state index is 0.0940. The summed E-state index contributed by atoms with van der Waals surface area (Å²) in [6, 6.07) is 9.61. The highest BCUT2D eigenvalue weighted by Crippen LogP contribution is 2.22. The van der Waals surface area contributed by atoms with Gasteiger partial charge in [0.1, 0.15) is 17.1 Å². The van der Waals surface area contributed by atoms with Crippen LogP contribution in [-0.2, 0) is 0 Å². The van der Waals surface area contributed by atoms with Crippen molar-refractivity contribution in [3.8, 4) is 5.75 Å². The van der Waals surface area contributed by atoms with Crippen LogP contribution in [0.5, 0.6) is 5.75 Å². The summed E-state index contributed by atoms with van der Waals surface area (Å²) < 4.78 is 18.7. The number of nitrogens with one attached hydrogen (secondary N) is 1. The molecule has 0 radical (unpaired) electrons. The van der Waals surface area contributed by atoms with Crippen molar-refractivity contribution in [3.05, 3.63) is 59.4 Å². The van der Waals surface area contributed by atoms with Crippen LogP contribution in [0.3, 0.4) is 0 Å². The van der Waals surface area contributed by atoms with Crippen molar-refractivity contribution in [3.63, 3.8) is 0 Å². The molecule has 0 heterocycles. The van der Waals surface area contributed by atoms with Crippen LogP contribution in [0.2, 0.25) is 0 Å². The van der Waals surface area contributed by atoms with Crippen LogP contribution in [0.4, 0.5) is 10.1 Å². The van der Waals surface area contributed by atoms with Crippen molar-refractivity contribution in [2.45, 2.75) is 0 Å². The number of amides is 1. The van der Waals surface area contributed by atoms with Gasteiger partial charge in [-0.1, -0.05) is 6.07 Å². The molecule has 0 aliphatic heterocycles. The van der Waals surface area contributed by atoms with Crippen LogP contribution in [0.15, 0.2) is 42.5 Å². The molecule has 0 aromatic heterocycles. The van der Waals surface area contributed by atoms with Crippen molar-refractivity contribution in [1.29, 1.82) is 0 Å². The number of rotatable bonds is 4. The topological polar surface area (TPSA) is 75.6 Å². The van der Waals surface area contributed by atoms with Crippen molar-refractivity contribution in [2.24, 2.45) is 0 Å². The minimum Gasteiger partial charge on any atom is -0.496 e. The Labute approximate surface area is 120 Å². The van der Waals surface area contributed by atoms with E-state index in [9.17, 15) is 14.0 Å². The number of anilines is 1. The second-order valence-electron chi connectivity index (χ2n) is 4.15. The van der Waals surface area contributed by atoms with Crippen molar-refractivity contribution in [1.82, 2.24) is 0 Å². The van der Waals surface area contributed by atoms with Crippen LogP contribution in [-0.4, -0.2) is 24.1 Å². The van der Waals surface area contributed by atoms with Gasteiger partial charge in [0.05, 0.1) is 12.7 Å². The summed E-state index contributed by atoms with van der Waals surface area (Å²) in [5, 5.41) is 11.3. The monoisotopic (exact) mass is 289 g/mol. The Hall–Kier alpha value is -2.89. The van der Waals surface area contributed by atoms with Gasteiger partial charge in [-0.15, -0.1) is 0 Å². The number of carboxylic acid groups (broad SMARTS) is 1. The largest absolute Gasteiger partial charge is 0.496 e. The van der Waals surface area contributed by atoms with E-state index in [0.717, 1.165) is 6.07 Å². The number of hydrogen-bond donors (Lipinski definition) is 2. The number of halogens is 1. The Morgan fingerprint density at radius 2 is 1.81 bits per heavy atom. The van der Waals surface area contributed by atoms with Gasteiger partial charge in [-0.2, -0.15) is 0 Å². The smallest absolute Gasteiger partial charge is 0.335 e. The van der Waals surface area contributed by atoms with Crippen molar-refractivity contribution < 1.29 is 23.8 Å². The Kier molecular flexibility index (Phi) is 4.18. The first-order chi connectivity index (χ1) is 10.0. The minimum atomic E-state index is -1.07. The van der Waals surface area contributed by atoms with Crippen LogP contribution in [0.25, 0.3) is 0 Å². The molecule has 0 bridgehead atoms. The first kappa shape index (κ1) is 14.5. The van der Waals surface area contributed by atoms with Crippen molar-refractivity contribution in [2.75, 3.05) is 12.4 Å². The number of benzene rings is 2. The van der Waals surface area contributed by atoms with Gasteiger partial charge in [-0.3, -0.25) is 4.79 Å². The SMILES string of the molecule is COc1cccc(F)c1C(=O)Nc1ccc(C(=O)O)cc1. The summed E-state index contributed by atoms with van der Waals surface area (Å²) >= 11 is 0. The second-order valence-corrected chi connectivity index (χ2v) is 4.15. The zero-order valence-electron chi connectivity index (χ0n) is 11.1. The Morgan fingerprint density at radius 3 is 2.38 bits per heavy atom. The number of ether oxygens (including phenoxy) is 1. The zero-order chi connectivity index (χ0) is 15.4. The lowest BCUT2D eigenvalue weighted by molar-refractivity contribution is 0.0696. The molecule has 0 fully saturated rings. The quantitative estimate of drug-likeness (QED) is 0.907. The summed E-state index contributed by atoms with van der Waals surface area (Å²) in [4.78, 5) is 22.8. The molecule has 21 heavy (non-hydrogen) atoms. The number of carbonyl (C=O) groups excluding carboxylic acids is 1. The number of hydrogen-bond acceptors (Lipinski definition) is 3. The third-order valence-corrected chi connectivity index (χ3v) is 2.81. The van der Waals surface area contributed by atoms with Gasteiger partial charge >= 0.3 is 5.97 Å². The van der Waals surface area contributed by atoms with E-state index in [1.165, 1.54) is 43.5 Å². The fourth-order valence-corrected chi connectivity index (χ4v) is 1.78. The predicted molar refractivity (Wildman–Crippen MR) is 74.3 cm³/mol. The Morgan fingerprint density at radius 1 is 1.14 bits per heavy atom. The van der Waals surface area contributed by atoms with E-state index < -0.39 is 17.7 Å². The molecule has 2 rings (SSSR count). The second kappa shape index (κ2) is 6.04. The standard InChI is InChI=1S/C15H12FNO4/c1-21-12-4-2-3-11(16)13(12)14(18)17-10-7-5-9(6-8-10)15(19)20/h2-8H,1H3,(H,17,18)(H,19,20). The van der Waals surface area contributed by atoms with Gasteiger partial charge in [0.2, 0.25) is 0 Å². The summed E-state index contributed by atoms with van der Waals surface area (Å²) in [6.07, 6.45) is 0. The first-order valence-corrected chi connectivity index (χ1v) is 6.00. The molecule has 0 aliphatic rings. The van der Waals surface area contributed by atoms with E-state index >= 15 is 0 Å². The molecule has 6 heteroatoms. The third kappa shape index (κ3) is 3.17. The lowest BCUT2D eigenvalue weighted by Crippen LogP contribution is -2.15. The number of aromatic carboxylic acids is 1. The van der Waals surface area contributed by atoms with E-state index in [2.05, 4.69) is 5.32 Å². The lowest BCUT2D eigenvalue weighted by Gasteiger charge is -2.10. The van der Waals surface area contributed by atoms with Gasteiger partial charge in [0.25, 0.3) is 5.91 Å². The van der Waals surface area contributed by atoms with Gasteiger partial charge < -0.3 is 15.2 Å². The maximum Gasteiger partial charge on any atom is 0.335 e. The van der Waals surface area contributed by atoms with Gasteiger partial charge in [0, 0.05) is 5.69 Å². The summed E-state index contributed by atoms with van der Waals surface area (Å²) in [5.74, 6) is -2.32. The van der Waals surface area contributed by atoms with Gasteiger partial charge in [-0.25, -0.2) is 9.18 Å². The van der Waals surface area contributed by atoms with E-state index in [1.807, 2.05) is 0 Å². The molecule has 5 nitrogen and oxygen atoms in total. The Bertz CT molecular complexity index is 683. The van der Waals surface area contributed by atoms with Gasteiger partial charge in [0.15, 0.2) is 0 Å². The van der Waals surface area contributed by atoms with Gasteiger partial charge in [-0.05, 0) is 36.4 Å². The lowest BCUT2D eigenvalue weighted by atomic mass is 10.1. The molecule has 2 aromatic carbocycles. The number of carbonyl (C=O) groups is 2. The third-order valence-electron chi connectivity index (χ3n) is 2.81. The predicted octanol–water partition coefficient (Wildman–Crippen LogP) is 2.78. The molecule has 0 saturated carbocycles. The highest BCUT2D eigenvalue weighted by atomic mass is 19.1. The average Bonchev–Trinajstić information content (AvgIpc) is 2.47. The molecular weight excluding hydrogens is 277 g/mol. The van der Waals surface area contributed by atoms with Crippen LogP contribution < -0.4 is 10.1 Å². The summed E-state index contributed by atoms with van der Waals surface area (Å²) in [5.41, 5.74) is 0.245. The molecule has 0 unspecified atom stereocenters. The summed E-state index contributed by atoms with van der Waals surface area (Å²) in [7, 11) is 1.34. The number of methoxy groups -OCH3 is 1. The fourth-order valence-electron chi connectivity index (χ4n) is 1.78. The highest BCUT2D eigenvalue weighted by molar-refractivity contribution is 6.06. The molecule has 0 spiro atoms. The molecule has 2 N–H and O–H groups in total. The Balaban J connectivity index is 2.24. The molecule has 108 valence electrons. The highest BCUT2D eigenvalue weighted by Gasteiger charge is 2.17. The van der Waals surface area contributed by atoms with E-state index in [0.29, 0.717) is 5.69 Å². The van der Waals surface area contributed by atoms with Crippen LogP contribution in [0, 0.1) is 5.82 Å². The summed E-state index contributed by atoms with van der Waals surface area (Å²) in [6.45, 7) is 0. The maximum atomic E-state index is 13.7. The van der Waals surface area contributed by atoms with Crippen LogP contribution in [0.1, 0.15) is 20.7 Å². The molecular formula is C15H12FNO4. The normalized spacial score (nSPS) is 10.0.